The van der Waals surface area contributed by atoms with Crippen molar-refractivity contribution in [2.75, 3.05) is 19.8 Å². The predicted molar refractivity (Wildman–Crippen MR) is 66.5 cm³/mol. The average Bonchev–Trinajstić information content (AvgIpc) is 2.40. The fourth-order valence-corrected chi connectivity index (χ4v) is 1.76. The van der Waals surface area contributed by atoms with Crippen LogP contribution in [0.3, 0.4) is 0 Å². The molecule has 100 valence electrons. The molecule has 0 aliphatic carbocycles. The lowest BCUT2D eigenvalue weighted by Crippen LogP contribution is -2.24. The first kappa shape index (κ1) is 13.2. The molecule has 1 aromatic rings. The molecule has 0 aromatic carbocycles. The normalized spacial score (nSPS) is 19.8. The summed E-state index contributed by atoms with van der Waals surface area (Å²) >= 11 is 0. The van der Waals surface area contributed by atoms with E-state index in [1.807, 2.05) is 19.9 Å². The van der Waals surface area contributed by atoms with E-state index < -0.39 is 0 Å². The van der Waals surface area contributed by atoms with Crippen LogP contribution >= 0.6 is 0 Å². The maximum absolute atomic E-state index is 5.56. The minimum atomic E-state index is -0.0619. The van der Waals surface area contributed by atoms with Crippen LogP contribution in [0.1, 0.15) is 30.5 Å². The maximum atomic E-state index is 5.56. The zero-order valence-electron chi connectivity index (χ0n) is 11.0. The number of rotatable bonds is 5. The van der Waals surface area contributed by atoms with Crippen LogP contribution in [-0.2, 0) is 9.47 Å². The molecule has 0 radical (unpaired) electrons. The lowest BCUT2D eigenvalue weighted by atomic mass is 10.2. The fourth-order valence-electron chi connectivity index (χ4n) is 1.76. The van der Waals surface area contributed by atoms with Crippen molar-refractivity contribution in [3.63, 3.8) is 0 Å². The highest BCUT2D eigenvalue weighted by Crippen LogP contribution is 2.14. The third-order valence-electron chi connectivity index (χ3n) is 2.98. The van der Waals surface area contributed by atoms with Gasteiger partial charge in [-0.1, -0.05) is 0 Å². The van der Waals surface area contributed by atoms with Crippen molar-refractivity contribution < 1.29 is 14.2 Å². The van der Waals surface area contributed by atoms with Crippen LogP contribution in [0.5, 0.6) is 5.88 Å². The molecule has 1 atom stereocenters. The van der Waals surface area contributed by atoms with Crippen LogP contribution in [0.15, 0.2) is 6.07 Å². The summed E-state index contributed by atoms with van der Waals surface area (Å²) in [6.45, 7) is 5.70. The molecule has 0 bridgehead atoms. The Morgan fingerprint density at radius 3 is 2.89 bits per heavy atom. The molecular formula is C13H20N2O3. The van der Waals surface area contributed by atoms with Gasteiger partial charge in [-0.2, -0.15) is 5.10 Å². The van der Waals surface area contributed by atoms with Crippen LogP contribution < -0.4 is 4.74 Å². The van der Waals surface area contributed by atoms with Gasteiger partial charge in [-0.25, -0.2) is 0 Å². The van der Waals surface area contributed by atoms with Crippen molar-refractivity contribution in [1.82, 2.24) is 10.2 Å². The van der Waals surface area contributed by atoms with Gasteiger partial charge >= 0.3 is 0 Å². The van der Waals surface area contributed by atoms with Gasteiger partial charge in [0.2, 0.25) is 5.88 Å². The van der Waals surface area contributed by atoms with Gasteiger partial charge in [-0.15, -0.1) is 5.10 Å². The van der Waals surface area contributed by atoms with Gasteiger partial charge in [-0.3, -0.25) is 0 Å². The van der Waals surface area contributed by atoms with Crippen molar-refractivity contribution in [1.29, 1.82) is 0 Å². The van der Waals surface area contributed by atoms with E-state index in [1.54, 1.807) is 0 Å². The first-order chi connectivity index (χ1) is 8.75. The van der Waals surface area contributed by atoms with Gasteiger partial charge < -0.3 is 14.2 Å². The molecule has 0 spiro atoms. The highest BCUT2D eigenvalue weighted by atomic mass is 16.7. The molecular weight excluding hydrogens is 232 g/mol. The van der Waals surface area contributed by atoms with Crippen molar-refractivity contribution in [2.24, 2.45) is 0 Å². The second-order valence-corrected chi connectivity index (χ2v) is 4.47. The van der Waals surface area contributed by atoms with Crippen LogP contribution in [0, 0.1) is 13.8 Å². The summed E-state index contributed by atoms with van der Waals surface area (Å²) in [6.07, 6.45) is 3.22. The first-order valence-electron chi connectivity index (χ1n) is 6.42. The Hall–Kier alpha value is -1.20. The van der Waals surface area contributed by atoms with Crippen molar-refractivity contribution in [3.8, 4) is 5.88 Å². The minimum Gasteiger partial charge on any atom is -0.474 e. The van der Waals surface area contributed by atoms with Crippen molar-refractivity contribution in [2.45, 2.75) is 39.4 Å². The Morgan fingerprint density at radius 1 is 1.28 bits per heavy atom. The summed E-state index contributed by atoms with van der Waals surface area (Å²) in [5, 5.41) is 7.97. The van der Waals surface area contributed by atoms with Gasteiger partial charge in [0.05, 0.1) is 12.3 Å². The van der Waals surface area contributed by atoms with E-state index in [1.165, 1.54) is 6.42 Å². The summed E-state index contributed by atoms with van der Waals surface area (Å²) in [5.74, 6) is 0.547. The summed E-state index contributed by atoms with van der Waals surface area (Å²) in [5.41, 5.74) is 2.01. The number of hydrogen-bond acceptors (Lipinski definition) is 5. The monoisotopic (exact) mass is 252 g/mol. The first-order valence-corrected chi connectivity index (χ1v) is 6.42. The van der Waals surface area contributed by atoms with Crippen molar-refractivity contribution in [3.05, 3.63) is 17.3 Å². The molecule has 1 fully saturated rings. The van der Waals surface area contributed by atoms with Crippen LogP contribution in [0.4, 0.5) is 0 Å². The standard InChI is InChI=1S/C13H20N2O3/c1-10-9-12(15-14-11(10)2)16-7-8-18-13-5-3-4-6-17-13/h9,13H,3-8H2,1-2H3. The van der Waals surface area contributed by atoms with E-state index in [-0.39, 0.29) is 6.29 Å². The summed E-state index contributed by atoms with van der Waals surface area (Å²) in [7, 11) is 0. The minimum absolute atomic E-state index is 0.0619. The average molecular weight is 252 g/mol. The van der Waals surface area contributed by atoms with E-state index in [0.717, 1.165) is 30.7 Å². The zero-order chi connectivity index (χ0) is 12.8. The Balaban J connectivity index is 1.66. The largest absolute Gasteiger partial charge is 0.474 e. The number of hydrogen-bond donors (Lipinski definition) is 0. The molecule has 5 nitrogen and oxygen atoms in total. The Labute approximate surface area is 107 Å². The van der Waals surface area contributed by atoms with Gasteiger partial charge in [0.25, 0.3) is 0 Å². The molecule has 18 heavy (non-hydrogen) atoms. The molecule has 5 heteroatoms. The Kier molecular flexibility index (Phi) is 4.90. The maximum Gasteiger partial charge on any atom is 0.233 e. The second kappa shape index (κ2) is 6.66. The Bertz CT molecular complexity index is 378. The molecule has 0 amide bonds. The van der Waals surface area contributed by atoms with E-state index in [2.05, 4.69) is 10.2 Å². The molecule has 2 heterocycles. The number of ether oxygens (including phenoxy) is 3. The number of nitrogens with zero attached hydrogens (tertiary/aromatic N) is 2. The van der Waals surface area contributed by atoms with E-state index in [4.69, 9.17) is 14.2 Å². The molecule has 1 unspecified atom stereocenters. The summed E-state index contributed by atoms with van der Waals surface area (Å²) in [6, 6.07) is 1.89. The molecule has 2 rings (SSSR count). The Morgan fingerprint density at radius 2 is 2.17 bits per heavy atom. The second-order valence-electron chi connectivity index (χ2n) is 4.47. The van der Waals surface area contributed by atoms with E-state index >= 15 is 0 Å². The van der Waals surface area contributed by atoms with Gasteiger partial charge in [0.15, 0.2) is 6.29 Å². The van der Waals surface area contributed by atoms with Gasteiger partial charge in [0.1, 0.15) is 6.61 Å². The van der Waals surface area contributed by atoms with Crippen LogP contribution in [0.25, 0.3) is 0 Å². The number of aryl methyl sites for hydroxylation is 2. The lowest BCUT2D eigenvalue weighted by Gasteiger charge is -2.22. The molecule has 0 N–H and O–H groups in total. The summed E-state index contributed by atoms with van der Waals surface area (Å²) < 4.78 is 16.5. The summed E-state index contributed by atoms with van der Waals surface area (Å²) in [4.78, 5) is 0. The van der Waals surface area contributed by atoms with Crippen LogP contribution in [0.2, 0.25) is 0 Å². The third-order valence-corrected chi connectivity index (χ3v) is 2.98. The van der Waals surface area contributed by atoms with Gasteiger partial charge in [-0.05, 0) is 38.7 Å². The fraction of sp³-hybridized carbons (Fsp3) is 0.692. The predicted octanol–water partition coefficient (Wildman–Crippen LogP) is 2.02. The SMILES string of the molecule is Cc1cc(OCCOC2CCCCO2)nnc1C. The molecule has 1 aromatic heterocycles. The molecule has 1 saturated heterocycles. The van der Waals surface area contributed by atoms with E-state index in [9.17, 15) is 0 Å². The third kappa shape index (κ3) is 3.92. The number of aromatic nitrogens is 2. The zero-order valence-corrected chi connectivity index (χ0v) is 11.0. The van der Waals surface area contributed by atoms with Crippen LogP contribution in [-0.4, -0.2) is 36.3 Å². The lowest BCUT2D eigenvalue weighted by molar-refractivity contribution is -0.165. The quantitative estimate of drug-likeness (QED) is 0.750. The molecule has 0 saturated carbocycles. The highest BCUT2D eigenvalue weighted by molar-refractivity contribution is 5.21. The van der Waals surface area contributed by atoms with E-state index in [0.29, 0.717) is 19.1 Å². The molecule has 1 aliphatic rings. The van der Waals surface area contributed by atoms with Crippen molar-refractivity contribution >= 4 is 0 Å². The highest BCUT2D eigenvalue weighted by Gasteiger charge is 2.13. The van der Waals surface area contributed by atoms with Gasteiger partial charge in [0, 0.05) is 12.7 Å². The molecule has 1 aliphatic heterocycles. The topological polar surface area (TPSA) is 53.5 Å². The smallest absolute Gasteiger partial charge is 0.233 e.